The van der Waals surface area contributed by atoms with E-state index in [0.29, 0.717) is 17.2 Å². The summed E-state index contributed by atoms with van der Waals surface area (Å²) in [7, 11) is 0. The molecule has 2 N–H and O–H groups in total. The Hall–Kier alpha value is -2.52. The van der Waals surface area contributed by atoms with Crippen LogP contribution in [0, 0.1) is 0 Å². The number of benzene rings is 1. The van der Waals surface area contributed by atoms with Gasteiger partial charge in [-0.3, -0.25) is 4.79 Å². The number of hydrogen-bond acceptors (Lipinski definition) is 5. The smallest absolute Gasteiger partial charge is 0.386 e. The first-order valence-electron chi connectivity index (χ1n) is 9.55. The number of carbonyl (C=O) groups is 1. The predicted molar refractivity (Wildman–Crippen MR) is 109 cm³/mol. The van der Waals surface area contributed by atoms with Crippen LogP contribution in [0.25, 0.3) is 10.2 Å². The Bertz CT molecular complexity index is 1110. The monoisotopic (exact) mass is 435 g/mol. The van der Waals surface area contributed by atoms with Gasteiger partial charge in [-0.15, -0.1) is 11.3 Å². The molecule has 0 saturated heterocycles. The van der Waals surface area contributed by atoms with E-state index in [0.717, 1.165) is 40.2 Å². The van der Waals surface area contributed by atoms with Gasteiger partial charge in [0.05, 0.1) is 20.8 Å². The first-order chi connectivity index (χ1) is 14.0. The Balaban J connectivity index is 1.71. The van der Waals surface area contributed by atoms with E-state index < -0.39 is 23.4 Å². The van der Waals surface area contributed by atoms with Crippen molar-refractivity contribution in [1.82, 2.24) is 9.97 Å². The van der Waals surface area contributed by atoms with E-state index in [1.807, 2.05) is 0 Å². The molecule has 0 bridgehead atoms. The number of pyridine rings is 1. The zero-order valence-electron chi connectivity index (χ0n) is 16.4. The van der Waals surface area contributed by atoms with Crippen LogP contribution in [0.2, 0.25) is 0 Å². The quantitative estimate of drug-likeness (QED) is 0.571. The van der Waals surface area contributed by atoms with E-state index in [1.165, 1.54) is 23.8 Å². The van der Waals surface area contributed by atoms with E-state index >= 15 is 0 Å². The number of nitrogens with zero attached hydrogens (tertiary/aromatic N) is 2. The Morgan fingerprint density at radius 2 is 1.93 bits per heavy atom. The molecule has 0 atom stereocenters. The van der Waals surface area contributed by atoms with Gasteiger partial charge in [-0.05, 0) is 51.0 Å². The summed E-state index contributed by atoms with van der Waals surface area (Å²) in [5, 5.41) is 14.2. The highest BCUT2D eigenvalue weighted by Crippen LogP contribution is 2.42. The maximum atomic E-state index is 12.9. The molecule has 1 aromatic carbocycles. The van der Waals surface area contributed by atoms with Crippen molar-refractivity contribution in [2.75, 3.05) is 5.32 Å². The fraction of sp³-hybridized carbons (Fsp3) is 0.381. The standard InChI is InChI=1S/C21H20F3N3O2S/c1-20(2,29)12-9-15-16(30-19(27-15)11-5-3-6-11)10-14(12)26-18(28)13-7-4-8-17(25-13)21(22,23)24/h4,7-11,29H,3,5-6H2,1-2H3,(H,26,28). The van der Waals surface area contributed by atoms with Crippen molar-refractivity contribution in [2.24, 2.45) is 0 Å². The largest absolute Gasteiger partial charge is 0.433 e. The minimum Gasteiger partial charge on any atom is -0.386 e. The van der Waals surface area contributed by atoms with Crippen LogP contribution in [0.5, 0.6) is 0 Å². The summed E-state index contributed by atoms with van der Waals surface area (Å²) in [6.07, 6.45) is -1.26. The molecule has 1 amide bonds. The van der Waals surface area contributed by atoms with Gasteiger partial charge >= 0.3 is 6.18 Å². The molecule has 0 unspecified atom stereocenters. The summed E-state index contributed by atoms with van der Waals surface area (Å²) in [5.41, 5.74) is -1.30. The van der Waals surface area contributed by atoms with Crippen LogP contribution in [0.1, 0.15) is 65.8 Å². The minimum atomic E-state index is -4.64. The van der Waals surface area contributed by atoms with Crippen molar-refractivity contribution in [1.29, 1.82) is 0 Å². The number of carbonyl (C=O) groups excluding carboxylic acids is 1. The van der Waals surface area contributed by atoms with Gasteiger partial charge in [0.25, 0.3) is 5.91 Å². The molecule has 5 nitrogen and oxygen atoms in total. The van der Waals surface area contributed by atoms with Crippen LogP contribution >= 0.6 is 11.3 Å². The first kappa shape index (κ1) is 20.7. The molecular weight excluding hydrogens is 415 g/mol. The van der Waals surface area contributed by atoms with E-state index in [4.69, 9.17) is 0 Å². The predicted octanol–water partition coefficient (Wildman–Crippen LogP) is 5.46. The fourth-order valence-electron chi connectivity index (χ4n) is 3.34. The lowest BCUT2D eigenvalue weighted by atomic mass is 9.86. The second kappa shape index (κ2) is 7.31. The van der Waals surface area contributed by atoms with Gasteiger partial charge in [0.15, 0.2) is 0 Å². The number of anilines is 1. The lowest BCUT2D eigenvalue weighted by Crippen LogP contribution is -2.22. The summed E-state index contributed by atoms with van der Waals surface area (Å²) in [4.78, 5) is 20.8. The van der Waals surface area contributed by atoms with Crippen LogP contribution in [0.15, 0.2) is 30.3 Å². The molecule has 2 heterocycles. The highest BCUT2D eigenvalue weighted by Gasteiger charge is 2.33. The van der Waals surface area contributed by atoms with Crippen LogP contribution < -0.4 is 5.32 Å². The number of fused-ring (bicyclic) bond motifs is 1. The Morgan fingerprint density at radius 3 is 2.53 bits per heavy atom. The number of nitrogens with one attached hydrogen (secondary N) is 1. The second-order valence-corrected chi connectivity index (χ2v) is 9.03. The Labute approximate surface area is 175 Å². The average molecular weight is 435 g/mol. The van der Waals surface area contributed by atoms with Gasteiger partial charge in [-0.2, -0.15) is 13.2 Å². The average Bonchev–Trinajstić information content (AvgIpc) is 3.00. The lowest BCUT2D eigenvalue weighted by Gasteiger charge is -2.22. The van der Waals surface area contributed by atoms with Crippen LogP contribution in [0.4, 0.5) is 18.9 Å². The zero-order valence-corrected chi connectivity index (χ0v) is 17.2. The van der Waals surface area contributed by atoms with Crippen molar-refractivity contribution in [3.63, 3.8) is 0 Å². The molecule has 0 radical (unpaired) electrons. The van der Waals surface area contributed by atoms with Crippen LogP contribution in [-0.4, -0.2) is 21.0 Å². The molecule has 0 aliphatic heterocycles. The molecule has 1 saturated carbocycles. The molecule has 1 fully saturated rings. The third-order valence-electron chi connectivity index (χ3n) is 5.18. The number of rotatable bonds is 4. The van der Waals surface area contributed by atoms with E-state index in [9.17, 15) is 23.1 Å². The first-order valence-corrected chi connectivity index (χ1v) is 10.4. The zero-order chi connectivity index (χ0) is 21.7. The van der Waals surface area contributed by atoms with Crippen molar-refractivity contribution >= 4 is 33.1 Å². The number of amides is 1. The summed E-state index contributed by atoms with van der Waals surface area (Å²) in [6.45, 7) is 3.15. The van der Waals surface area contributed by atoms with Gasteiger partial charge in [-0.25, -0.2) is 9.97 Å². The van der Waals surface area contributed by atoms with Gasteiger partial charge in [0, 0.05) is 17.2 Å². The third-order valence-corrected chi connectivity index (χ3v) is 6.36. The van der Waals surface area contributed by atoms with E-state index in [1.54, 1.807) is 26.0 Å². The molecule has 0 spiro atoms. The molecule has 3 aromatic rings. The number of alkyl halides is 3. The molecule has 30 heavy (non-hydrogen) atoms. The highest BCUT2D eigenvalue weighted by atomic mass is 32.1. The number of hydrogen-bond donors (Lipinski definition) is 2. The maximum absolute atomic E-state index is 12.9. The maximum Gasteiger partial charge on any atom is 0.433 e. The Kier molecular flexibility index (Phi) is 5.06. The van der Waals surface area contributed by atoms with Crippen molar-refractivity contribution < 1.29 is 23.1 Å². The van der Waals surface area contributed by atoms with Crippen molar-refractivity contribution in [3.8, 4) is 0 Å². The number of aliphatic hydroxyl groups is 1. The second-order valence-electron chi connectivity index (χ2n) is 7.96. The lowest BCUT2D eigenvalue weighted by molar-refractivity contribution is -0.141. The van der Waals surface area contributed by atoms with Gasteiger partial charge in [0.2, 0.25) is 0 Å². The molecule has 2 aromatic heterocycles. The van der Waals surface area contributed by atoms with Crippen molar-refractivity contribution in [3.05, 3.63) is 52.3 Å². The fourth-order valence-corrected chi connectivity index (χ4v) is 4.49. The topological polar surface area (TPSA) is 75.1 Å². The molecule has 1 aliphatic carbocycles. The van der Waals surface area contributed by atoms with Gasteiger partial charge in [0.1, 0.15) is 11.4 Å². The number of aromatic nitrogens is 2. The van der Waals surface area contributed by atoms with Crippen LogP contribution in [-0.2, 0) is 11.8 Å². The van der Waals surface area contributed by atoms with Gasteiger partial charge < -0.3 is 10.4 Å². The van der Waals surface area contributed by atoms with Gasteiger partial charge in [-0.1, -0.05) is 12.5 Å². The summed E-state index contributed by atoms with van der Waals surface area (Å²) < 4.78 is 39.6. The summed E-state index contributed by atoms with van der Waals surface area (Å²) in [5.74, 6) is -0.338. The minimum absolute atomic E-state index is 0.322. The van der Waals surface area contributed by atoms with Crippen LogP contribution in [0.3, 0.4) is 0 Å². The number of halogens is 3. The normalized spacial score (nSPS) is 15.3. The van der Waals surface area contributed by atoms with E-state index in [2.05, 4.69) is 15.3 Å². The summed E-state index contributed by atoms with van der Waals surface area (Å²) >= 11 is 1.53. The Morgan fingerprint density at radius 1 is 1.20 bits per heavy atom. The number of thiazole rings is 1. The van der Waals surface area contributed by atoms with Crippen molar-refractivity contribution in [2.45, 2.75) is 50.8 Å². The SMILES string of the molecule is CC(C)(O)c1cc2nc(C3CCC3)sc2cc1NC(=O)c1cccc(C(F)(F)F)n1. The molecular formula is C21H20F3N3O2S. The molecule has 1 aliphatic rings. The molecule has 4 rings (SSSR count). The highest BCUT2D eigenvalue weighted by molar-refractivity contribution is 7.18. The molecule has 9 heteroatoms. The van der Waals surface area contributed by atoms with E-state index in [-0.39, 0.29) is 5.69 Å². The molecule has 158 valence electrons. The third kappa shape index (κ3) is 4.04. The summed E-state index contributed by atoms with van der Waals surface area (Å²) in [6, 6.07) is 6.61.